The zero-order valence-electron chi connectivity index (χ0n) is 20.7. The predicted molar refractivity (Wildman–Crippen MR) is 125 cm³/mol. The maximum absolute atomic E-state index is 12.1. The fraction of sp³-hybridized carbons (Fsp3) is 0.818. The van der Waals surface area contributed by atoms with Gasteiger partial charge < -0.3 is 22.4 Å². The Balaban J connectivity index is 1.77. The molecule has 0 amide bonds. The Labute approximate surface area is 193 Å². The quantitative estimate of drug-likeness (QED) is 0.596. The molecule has 4 atom stereocenters. The van der Waals surface area contributed by atoms with Crippen LogP contribution in [0.3, 0.4) is 0 Å². The van der Waals surface area contributed by atoms with E-state index in [0.29, 0.717) is 12.2 Å². The number of hydrogen-bond acceptors (Lipinski definition) is 7. The van der Waals surface area contributed by atoms with Crippen LogP contribution < -0.4 is 10.3 Å². The van der Waals surface area contributed by atoms with Gasteiger partial charge in [-0.05, 0) is 29.1 Å². The number of nitrogens with zero attached hydrogens (tertiary/aromatic N) is 2. The lowest BCUT2D eigenvalue weighted by molar-refractivity contribution is -0.0555. The average molecular weight is 483 g/mol. The molecule has 0 aliphatic carbocycles. The molecule has 0 N–H and O–H groups in total. The molecule has 2 fully saturated rings. The topological polar surface area (TPSA) is 81.0 Å². The molecule has 0 aromatic carbocycles. The first kappa shape index (κ1) is 24.1. The van der Waals surface area contributed by atoms with Crippen LogP contribution in [0.15, 0.2) is 11.0 Å². The largest absolute Gasteiger partial charge is 0.454 e. The van der Waals surface area contributed by atoms with Gasteiger partial charge >= 0.3 is 23.1 Å². The van der Waals surface area contributed by atoms with E-state index in [1.807, 2.05) is 4.57 Å². The monoisotopic (exact) mass is 482 g/mol. The number of aryl methyl sites for hydroxylation is 1. The van der Waals surface area contributed by atoms with Crippen LogP contribution in [-0.2, 0) is 17.7 Å². The lowest BCUT2D eigenvalue weighted by Gasteiger charge is -2.51. The van der Waals surface area contributed by atoms with Gasteiger partial charge in [-0.2, -0.15) is 4.98 Å². The van der Waals surface area contributed by atoms with E-state index in [1.54, 1.807) is 13.1 Å². The van der Waals surface area contributed by atoms with Gasteiger partial charge in [0.15, 0.2) is 12.3 Å². The normalized spacial score (nSPS) is 30.8. The summed E-state index contributed by atoms with van der Waals surface area (Å²) in [5.74, 6) is 0. The van der Waals surface area contributed by atoms with Crippen molar-refractivity contribution < 1.29 is 22.4 Å². The summed E-state index contributed by atoms with van der Waals surface area (Å²) in [4.78, 5) is 16.2. The van der Waals surface area contributed by atoms with Gasteiger partial charge in [0.25, 0.3) is 5.56 Å². The van der Waals surface area contributed by atoms with Gasteiger partial charge in [0.05, 0.1) is 6.61 Å². The molecule has 0 bridgehead atoms. The predicted octanol–water partition coefficient (Wildman–Crippen LogP) is 4.17. The van der Waals surface area contributed by atoms with E-state index in [1.165, 1.54) is 0 Å². The summed E-state index contributed by atoms with van der Waals surface area (Å²) in [6.45, 7) is 19.8. The van der Waals surface area contributed by atoms with E-state index >= 15 is 0 Å². The zero-order valence-corrected chi connectivity index (χ0v) is 22.7. The van der Waals surface area contributed by atoms with E-state index < -0.39 is 29.5 Å². The molecule has 4 heterocycles. The Bertz CT molecular complexity index is 902. The maximum atomic E-state index is 12.1. The SMILES string of the molecule is Cc1cn2c(nc1=O)OC1C3O[Si](C(C)C)(C(C)C)O[Si](C(C)C)(C(C)C)OCC3OC12. The van der Waals surface area contributed by atoms with Crippen LogP contribution in [-0.4, -0.2) is 51.6 Å². The lowest BCUT2D eigenvalue weighted by Crippen LogP contribution is -2.66. The van der Waals surface area contributed by atoms with Gasteiger partial charge in [-0.3, -0.25) is 9.36 Å². The van der Waals surface area contributed by atoms with Crippen LogP contribution in [0.5, 0.6) is 6.01 Å². The highest BCUT2D eigenvalue weighted by Gasteiger charge is 2.63. The van der Waals surface area contributed by atoms with E-state index in [4.69, 9.17) is 22.4 Å². The third-order valence-corrected chi connectivity index (χ3v) is 17.5. The highest BCUT2D eigenvalue weighted by molar-refractivity contribution is 6.83. The second-order valence-corrected chi connectivity index (χ2v) is 19.5. The van der Waals surface area contributed by atoms with E-state index in [-0.39, 0.29) is 45.9 Å². The molecule has 1 aromatic heterocycles. The molecule has 0 spiro atoms. The van der Waals surface area contributed by atoms with Crippen LogP contribution in [0.2, 0.25) is 22.2 Å². The molecule has 1 aromatic rings. The Morgan fingerprint density at radius 3 is 2.12 bits per heavy atom. The van der Waals surface area contributed by atoms with Gasteiger partial charge in [-0.25, -0.2) is 0 Å². The second-order valence-electron chi connectivity index (χ2n) is 10.6. The third kappa shape index (κ3) is 3.54. The molecule has 8 nitrogen and oxygen atoms in total. The minimum absolute atomic E-state index is 0.221. The van der Waals surface area contributed by atoms with Crippen molar-refractivity contribution in [1.82, 2.24) is 9.55 Å². The molecule has 180 valence electrons. The Hall–Kier alpha value is -1.05. The minimum Gasteiger partial charge on any atom is -0.454 e. The first-order chi connectivity index (χ1) is 14.9. The van der Waals surface area contributed by atoms with Crippen LogP contribution >= 0.6 is 0 Å². The van der Waals surface area contributed by atoms with Crippen molar-refractivity contribution in [3.05, 3.63) is 22.1 Å². The van der Waals surface area contributed by atoms with Crippen molar-refractivity contribution in [2.75, 3.05) is 6.61 Å². The van der Waals surface area contributed by atoms with E-state index in [9.17, 15) is 4.79 Å². The van der Waals surface area contributed by atoms with Gasteiger partial charge in [0.2, 0.25) is 0 Å². The van der Waals surface area contributed by atoms with Gasteiger partial charge in [-0.15, -0.1) is 0 Å². The first-order valence-corrected chi connectivity index (χ1v) is 15.8. The van der Waals surface area contributed by atoms with Crippen molar-refractivity contribution >= 4 is 17.1 Å². The number of rotatable bonds is 4. The first-order valence-electron chi connectivity index (χ1n) is 11.9. The highest BCUT2D eigenvalue weighted by Crippen LogP contribution is 2.50. The van der Waals surface area contributed by atoms with Crippen LogP contribution in [0.25, 0.3) is 0 Å². The summed E-state index contributed by atoms with van der Waals surface area (Å²) >= 11 is 0. The van der Waals surface area contributed by atoms with Crippen molar-refractivity contribution in [2.24, 2.45) is 0 Å². The maximum Gasteiger partial charge on any atom is 0.335 e. The van der Waals surface area contributed by atoms with Crippen LogP contribution in [0.1, 0.15) is 67.2 Å². The molecule has 4 unspecified atom stereocenters. The number of aromatic nitrogens is 2. The zero-order chi connectivity index (χ0) is 23.6. The molecular formula is C22H38N2O6Si2. The Kier molecular flexibility index (Phi) is 6.26. The molecule has 3 aliphatic heterocycles. The number of ether oxygens (including phenoxy) is 2. The minimum atomic E-state index is -2.77. The average Bonchev–Trinajstić information content (AvgIpc) is 3.17. The van der Waals surface area contributed by atoms with Crippen molar-refractivity contribution in [2.45, 2.75) is 109 Å². The molecule has 0 saturated carbocycles. The molecule has 10 heteroatoms. The molecular weight excluding hydrogens is 444 g/mol. The molecule has 4 rings (SSSR count). The van der Waals surface area contributed by atoms with E-state index in [2.05, 4.69) is 60.4 Å². The standard InChI is InChI=1S/C22H38N2O6Si2/c1-12(2)31(13(3)4)26-11-17-18(29-32(30-31,14(5)6)15(7)8)19-21(27-17)24-10-16(9)20(25)23-22(24)28-19/h10,12-15,17-19,21H,11H2,1-9H3. The summed E-state index contributed by atoms with van der Waals surface area (Å²) in [5, 5.41) is 0. The Morgan fingerprint density at radius 2 is 1.56 bits per heavy atom. The summed E-state index contributed by atoms with van der Waals surface area (Å²) < 4.78 is 35.6. The molecule has 3 aliphatic rings. The fourth-order valence-corrected chi connectivity index (χ4v) is 16.6. The lowest BCUT2D eigenvalue weighted by atomic mass is 10.1. The summed E-state index contributed by atoms with van der Waals surface area (Å²) in [6, 6.07) is 0.288. The Morgan fingerprint density at radius 1 is 0.969 bits per heavy atom. The molecule has 32 heavy (non-hydrogen) atoms. The summed E-state index contributed by atoms with van der Waals surface area (Å²) in [5.41, 5.74) is 1.28. The fourth-order valence-electron chi connectivity index (χ4n) is 5.42. The third-order valence-electron chi connectivity index (χ3n) is 7.22. The molecule has 2 saturated heterocycles. The smallest absolute Gasteiger partial charge is 0.335 e. The van der Waals surface area contributed by atoms with Crippen molar-refractivity contribution in [3.8, 4) is 6.01 Å². The number of fused-ring (bicyclic) bond motifs is 5. The van der Waals surface area contributed by atoms with Gasteiger partial charge in [0.1, 0.15) is 12.2 Å². The summed E-state index contributed by atoms with van der Waals surface area (Å²) in [7, 11) is -5.38. The second kappa shape index (κ2) is 8.32. The number of hydrogen-bond donors (Lipinski definition) is 0. The molecule has 0 radical (unpaired) electrons. The summed E-state index contributed by atoms with van der Waals surface area (Å²) in [6.07, 6.45) is 0.365. The van der Waals surface area contributed by atoms with Gasteiger partial charge in [-0.1, -0.05) is 55.4 Å². The van der Waals surface area contributed by atoms with Crippen LogP contribution in [0, 0.1) is 6.92 Å². The van der Waals surface area contributed by atoms with Gasteiger partial charge in [0, 0.05) is 11.8 Å². The van der Waals surface area contributed by atoms with Crippen LogP contribution in [0.4, 0.5) is 0 Å². The van der Waals surface area contributed by atoms with E-state index in [0.717, 1.165) is 0 Å². The van der Waals surface area contributed by atoms with Crippen molar-refractivity contribution in [1.29, 1.82) is 0 Å². The highest BCUT2D eigenvalue weighted by atomic mass is 28.5. The van der Waals surface area contributed by atoms with Crippen molar-refractivity contribution in [3.63, 3.8) is 0 Å².